The van der Waals surface area contributed by atoms with Gasteiger partial charge in [0.25, 0.3) is 0 Å². The summed E-state index contributed by atoms with van der Waals surface area (Å²) in [5, 5.41) is 0. The molecule has 1 aromatic rings. The highest BCUT2D eigenvalue weighted by Crippen LogP contribution is 2.11. The molecule has 0 N–H and O–H groups in total. The third-order valence-electron chi connectivity index (χ3n) is 1.28. The Bertz CT molecular complexity index is 170. The van der Waals surface area contributed by atoms with Crippen molar-refractivity contribution in [3.63, 3.8) is 0 Å². The lowest BCUT2D eigenvalue weighted by Gasteiger charge is -2.19. The number of nitrogens with zero attached hydrogens (tertiary/aromatic N) is 2. The molecule has 10 heavy (non-hydrogen) atoms. The predicted molar refractivity (Wildman–Crippen MR) is 44.0 cm³/mol. The van der Waals surface area contributed by atoms with Crippen LogP contribution in [0.1, 0.15) is 28.2 Å². The van der Waals surface area contributed by atoms with Crippen LogP contribution in [-0.4, -0.2) is 9.55 Å². The standard InChI is InChI=1S/C7H12N2.CH4/c1-7(2,3)9-5-4-8-6-9;/h4-6H,1-3H3;1H4. The van der Waals surface area contributed by atoms with Crippen LogP contribution in [0.3, 0.4) is 0 Å². The highest BCUT2D eigenvalue weighted by molar-refractivity contribution is 4.82. The molecule has 0 radical (unpaired) electrons. The van der Waals surface area contributed by atoms with E-state index in [1.165, 1.54) is 0 Å². The summed E-state index contributed by atoms with van der Waals surface area (Å²) in [6, 6.07) is 0. The summed E-state index contributed by atoms with van der Waals surface area (Å²) >= 11 is 0. The molecule has 0 aliphatic heterocycles. The lowest BCUT2D eigenvalue weighted by Crippen LogP contribution is -2.19. The summed E-state index contributed by atoms with van der Waals surface area (Å²) in [4.78, 5) is 3.95. The molecular formula is C8H16N2. The lowest BCUT2D eigenvalue weighted by atomic mass is 10.1. The molecule has 0 saturated carbocycles. The summed E-state index contributed by atoms with van der Waals surface area (Å²) in [5.41, 5.74) is 0.177. The maximum absolute atomic E-state index is 3.95. The fourth-order valence-corrected chi connectivity index (χ4v) is 0.656. The lowest BCUT2D eigenvalue weighted by molar-refractivity contribution is 0.396. The van der Waals surface area contributed by atoms with Crippen molar-refractivity contribution < 1.29 is 0 Å². The monoisotopic (exact) mass is 140 g/mol. The molecule has 0 fully saturated rings. The second kappa shape index (κ2) is 2.86. The van der Waals surface area contributed by atoms with Crippen molar-refractivity contribution in [2.24, 2.45) is 0 Å². The van der Waals surface area contributed by atoms with Gasteiger partial charge in [0.1, 0.15) is 0 Å². The minimum atomic E-state index is 0. The van der Waals surface area contributed by atoms with E-state index in [-0.39, 0.29) is 13.0 Å². The molecule has 1 aromatic heterocycles. The number of rotatable bonds is 0. The van der Waals surface area contributed by atoms with Crippen molar-refractivity contribution in [2.45, 2.75) is 33.7 Å². The van der Waals surface area contributed by atoms with Crippen molar-refractivity contribution >= 4 is 0 Å². The Balaban J connectivity index is 0.000000810. The van der Waals surface area contributed by atoms with Crippen LogP contribution in [0.5, 0.6) is 0 Å². The Hall–Kier alpha value is -0.790. The summed E-state index contributed by atoms with van der Waals surface area (Å²) in [5.74, 6) is 0. The molecule has 0 spiro atoms. The van der Waals surface area contributed by atoms with Gasteiger partial charge in [-0.25, -0.2) is 4.98 Å². The molecule has 1 heterocycles. The Morgan fingerprint density at radius 3 is 2.10 bits per heavy atom. The highest BCUT2D eigenvalue weighted by atomic mass is 15.1. The summed E-state index contributed by atoms with van der Waals surface area (Å²) in [6.45, 7) is 6.44. The van der Waals surface area contributed by atoms with Crippen molar-refractivity contribution in [1.82, 2.24) is 9.55 Å². The molecule has 58 valence electrons. The zero-order chi connectivity index (χ0) is 6.91. The zero-order valence-corrected chi connectivity index (χ0v) is 6.13. The number of aromatic nitrogens is 2. The van der Waals surface area contributed by atoms with Gasteiger partial charge in [0.05, 0.1) is 6.33 Å². The van der Waals surface area contributed by atoms with Gasteiger partial charge < -0.3 is 4.57 Å². The molecule has 0 bridgehead atoms. The summed E-state index contributed by atoms with van der Waals surface area (Å²) in [7, 11) is 0. The minimum Gasteiger partial charge on any atom is -0.332 e. The van der Waals surface area contributed by atoms with Crippen molar-refractivity contribution in [3.05, 3.63) is 18.7 Å². The molecule has 0 atom stereocenters. The van der Waals surface area contributed by atoms with Crippen LogP contribution < -0.4 is 0 Å². The van der Waals surface area contributed by atoms with E-state index in [0.717, 1.165) is 0 Å². The number of hydrogen-bond donors (Lipinski definition) is 0. The quantitative estimate of drug-likeness (QED) is 0.540. The Kier molecular flexibility index (Phi) is 2.64. The van der Waals surface area contributed by atoms with Gasteiger partial charge >= 0.3 is 0 Å². The first-order valence-electron chi connectivity index (χ1n) is 3.09. The molecule has 0 saturated heterocycles. The SMILES string of the molecule is C.CC(C)(C)n1ccnc1. The molecule has 2 nitrogen and oxygen atoms in total. The van der Waals surface area contributed by atoms with Crippen LogP contribution >= 0.6 is 0 Å². The van der Waals surface area contributed by atoms with Crippen molar-refractivity contribution in [2.75, 3.05) is 0 Å². The predicted octanol–water partition coefficient (Wildman–Crippen LogP) is 2.27. The van der Waals surface area contributed by atoms with E-state index in [4.69, 9.17) is 0 Å². The van der Waals surface area contributed by atoms with Gasteiger partial charge in [-0.05, 0) is 20.8 Å². The Morgan fingerprint density at radius 2 is 1.90 bits per heavy atom. The number of imidazole rings is 1. The van der Waals surface area contributed by atoms with E-state index in [1.54, 1.807) is 6.20 Å². The molecule has 0 aromatic carbocycles. The smallest absolute Gasteiger partial charge is 0.0950 e. The van der Waals surface area contributed by atoms with Gasteiger partial charge in [-0.1, -0.05) is 7.43 Å². The van der Waals surface area contributed by atoms with E-state index in [1.807, 2.05) is 12.5 Å². The first-order chi connectivity index (χ1) is 4.11. The van der Waals surface area contributed by atoms with Crippen molar-refractivity contribution in [3.8, 4) is 0 Å². The van der Waals surface area contributed by atoms with Gasteiger partial charge in [-0.3, -0.25) is 0 Å². The van der Waals surface area contributed by atoms with Crippen LogP contribution in [-0.2, 0) is 5.54 Å². The Labute approximate surface area is 62.9 Å². The first-order valence-corrected chi connectivity index (χ1v) is 3.09. The van der Waals surface area contributed by atoms with Gasteiger partial charge in [-0.15, -0.1) is 0 Å². The van der Waals surface area contributed by atoms with E-state index in [2.05, 4.69) is 30.3 Å². The summed E-state index contributed by atoms with van der Waals surface area (Å²) < 4.78 is 2.08. The largest absolute Gasteiger partial charge is 0.332 e. The molecule has 0 aliphatic carbocycles. The third kappa shape index (κ3) is 1.87. The zero-order valence-electron chi connectivity index (χ0n) is 6.13. The van der Waals surface area contributed by atoms with E-state index in [9.17, 15) is 0 Å². The Morgan fingerprint density at radius 1 is 1.30 bits per heavy atom. The second-order valence-electron chi connectivity index (χ2n) is 3.14. The normalized spacial score (nSPS) is 10.7. The first kappa shape index (κ1) is 9.21. The highest BCUT2D eigenvalue weighted by Gasteiger charge is 2.09. The minimum absolute atomic E-state index is 0. The molecule has 0 unspecified atom stereocenters. The van der Waals surface area contributed by atoms with Crippen LogP contribution in [0.15, 0.2) is 18.7 Å². The molecule has 2 heteroatoms. The van der Waals surface area contributed by atoms with Gasteiger partial charge in [0.15, 0.2) is 0 Å². The maximum atomic E-state index is 3.95. The van der Waals surface area contributed by atoms with Crippen LogP contribution in [0.2, 0.25) is 0 Å². The topological polar surface area (TPSA) is 17.8 Å². The number of hydrogen-bond acceptors (Lipinski definition) is 1. The van der Waals surface area contributed by atoms with E-state index >= 15 is 0 Å². The maximum Gasteiger partial charge on any atom is 0.0950 e. The van der Waals surface area contributed by atoms with Gasteiger partial charge in [0.2, 0.25) is 0 Å². The van der Waals surface area contributed by atoms with Gasteiger partial charge in [0, 0.05) is 17.9 Å². The average molecular weight is 140 g/mol. The average Bonchev–Trinajstić information content (AvgIpc) is 2.08. The summed E-state index contributed by atoms with van der Waals surface area (Å²) in [6.07, 6.45) is 5.60. The van der Waals surface area contributed by atoms with Crippen LogP contribution in [0.4, 0.5) is 0 Å². The molecule has 0 aliphatic rings. The van der Waals surface area contributed by atoms with E-state index in [0.29, 0.717) is 0 Å². The fraction of sp³-hybridized carbons (Fsp3) is 0.625. The van der Waals surface area contributed by atoms with Gasteiger partial charge in [-0.2, -0.15) is 0 Å². The fourth-order valence-electron chi connectivity index (χ4n) is 0.656. The molecule has 1 rings (SSSR count). The van der Waals surface area contributed by atoms with E-state index < -0.39 is 0 Å². The second-order valence-corrected chi connectivity index (χ2v) is 3.14. The third-order valence-corrected chi connectivity index (χ3v) is 1.28. The van der Waals surface area contributed by atoms with Crippen molar-refractivity contribution in [1.29, 1.82) is 0 Å². The van der Waals surface area contributed by atoms with Crippen LogP contribution in [0, 0.1) is 0 Å². The van der Waals surface area contributed by atoms with Crippen LogP contribution in [0.25, 0.3) is 0 Å². The molecule has 0 amide bonds. The molecular weight excluding hydrogens is 124 g/mol.